The van der Waals surface area contributed by atoms with Crippen molar-refractivity contribution < 1.29 is 5.11 Å². The lowest BCUT2D eigenvalue weighted by Crippen LogP contribution is -2.43. The van der Waals surface area contributed by atoms with Crippen LogP contribution in [-0.4, -0.2) is 36.7 Å². The summed E-state index contributed by atoms with van der Waals surface area (Å²) in [5, 5.41) is 13.7. The van der Waals surface area contributed by atoms with Gasteiger partial charge in [-0.1, -0.05) is 17.7 Å². The number of aromatic hydroxyl groups is 1. The van der Waals surface area contributed by atoms with Gasteiger partial charge in [0, 0.05) is 30.2 Å². The molecule has 0 radical (unpaired) electrons. The monoisotopic (exact) mass is 226 g/mol. The van der Waals surface area contributed by atoms with E-state index in [9.17, 15) is 5.11 Å². The molecule has 1 aliphatic rings. The van der Waals surface area contributed by atoms with Crippen molar-refractivity contribution in [2.75, 3.05) is 26.7 Å². The molecule has 0 aliphatic carbocycles. The van der Waals surface area contributed by atoms with E-state index in [0.29, 0.717) is 5.02 Å². The van der Waals surface area contributed by atoms with Crippen molar-refractivity contribution in [2.24, 2.45) is 0 Å². The first kappa shape index (κ1) is 10.7. The van der Waals surface area contributed by atoms with Gasteiger partial charge in [-0.15, -0.1) is 0 Å². The number of nitrogens with zero attached hydrogens (tertiary/aromatic N) is 1. The molecule has 1 unspecified atom stereocenters. The zero-order valence-corrected chi connectivity index (χ0v) is 9.46. The van der Waals surface area contributed by atoms with Crippen LogP contribution in [0, 0.1) is 0 Å². The lowest BCUT2D eigenvalue weighted by molar-refractivity contribution is 0.199. The summed E-state index contributed by atoms with van der Waals surface area (Å²) in [6, 6.07) is 5.54. The van der Waals surface area contributed by atoms with Gasteiger partial charge in [0.05, 0.1) is 6.04 Å². The second-order valence-corrected chi connectivity index (χ2v) is 4.34. The standard InChI is InChI=1S/C11H15ClN2O/c1-14-5-4-13-7-10(14)9-3-2-8(12)6-11(9)15/h2-3,6,10,13,15H,4-5,7H2,1H3. The number of rotatable bonds is 1. The Bertz CT molecular complexity index is 356. The first-order chi connectivity index (χ1) is 7.18. The second-order valence-electron chi connectivity index (χ2n) is 3.90. The van der Waals surface area contributed by atoms with Crippen LogP contribution in [-0.2, 0) is 0 Å². The van der Waals surface area contributed by atoms with E-state index in [4.69, 9.17) is 11.6 Å². The highest BCUT2D eigenvalue weighted by molar-refractivity contribution is 6.30. The van der Waals surface area contributed by atoms with Crippen LogP contribution in [0.1, 0.15) is 11.6 Å². The molecule has 1 fully saturated rings. The van der Waals surface area contributed by atoms with E-state index in [2.05, 4.69) is 17.3 Å². The van der Waals surface area contributed by atoms with Crippen molar-refractivity contribution in [3.63, 3.8) is 0 Å². The molecule has 2 N–H and O–H groups in total. The zero-order chi connectivity index (χ0) is 10.8. The van der Waals surface area contributed by atoms with Crippen molar-refractivity contribution in [1.29, 1.82) is 0 Å². The van der Waals surface area contributed by atoms with Crippen LogP contribution in [0.15, 0.2) is 18.2 Å². The maximum Gasteiger partial charge on any atom is 0.121 e. The number of benzene rings is 1. The van der Waals surface area contributed by atoms with Crippen LogP contribution >= 0.6 is 11.6 Å². The van der Waals surface area contributed by atoms with Gasteiger partial charge in [0.25, 0.3) is 0 Å². The average molecular weight is 227 g/mol. The Morgan fingerprint density at radius 2 is 2.33 bits per heavy atom. The summed E-state index contributed by atoms with van der Waals surface area (Å²) >= 11 is 5.80. The van der Waals surface area contributed by atoms with Crippen LogP contribution in [0.5, 0.6) is 5.75 Å². The fourth-order valence-electron chi connectivity index (χ4n) is 1.95. The third kappa shape index (κ3) is 2.25. The number of likely N-dealkylation sites (N-methyl/N-ethyl adjacent to an activating group) is 1. The second kappa shape index (κ2) is 4.39. The van der Waals surface area contributed by atoms with Gasteiger partial charge in [-0.05, 0) is 19.2 Å². The molecule has 1 saturated heterocycles. The quantitative estimate of drug-likeness (QED) is 0.764. The van der Waals surface area contributed by atoms with E-state index in [1.165, 1.54) is 0 Å². The summed E-state index contributed by atoms with van der Waals surface area (Å²) in [4.78, 5) is 2.24. The topological polar surface area (TPSA) is 35.5 Å². The number of phenolic OH excluding ortho intramolecular Hbond substituents is 1. The van der Waals surface area contributed by atoms with Gasteiger partial charge in [-0.25, -0.2) is 0 Å². The van der Waals surface area contributed by atoms with Crippen LogP contribution < -0.4 is 5.32 Å². The number of piperazine rings is 1. The van der Waals surface area contributed by atoms with E-state index in [1.807, 2.05) is 12.1 Å². The van der Waals surface area contributed by atoms with Crippen molar-refractivity contribution in [3.05, 3.63) is 28.8 Å². The lowest BCUT2D eigenvalue weighted by atomic mass is 10.0. The Labute approximate surface area is 94.7 Å². The molecular formula is C11H15ClN2O. The van der Waals surface area contributed by atoms with E-state index < -0.39 is 0 Å². The predicted octanol–water partition coefficient (Wildman–Crippen LogP) is 1.62. The predicted molar refractivity (Wildman–Crippen MR) is 61.4 cm³/mol. The smallest absolute Gasteiger partial charge is 0.121 e. The third-order valence-corrected chi connectivity index (χ3v) is 3.10. The fourth-order valence-corrected chi connectivity index (χ4v) is 2.12. The van der Waals surface area contributed by atoms with Crippen molar-refractivity contribution in [1.82, 2.24) is 10.2 Å². The van der Waals surface area contributed by atoms with Crippen LogP contribution in [0.25, 0.3) is 0 Å². The molecule has 1 aromatic carbocycles. The molecule has 2 rings (SSSR count). The highest BCUT2D eigenvalue weighted by Gasteiger charge is 2.22. The zero-order valence-electron chi connectivity index (χ0n) is 8.70. The number of hydrogen-bond donors (Lipinski definition) is 2. The summed E-state index contributed by atoms with van der Waals surface area (Å²) in [5.41, 5.74) is 0.939. The number of nitrogens with one attached hydrogen (secondary N) is 1. The van der Waals surface area contributed by atoms with Gasteiger partial charge in [0.2, 0.25) is 0 Å². The summed E-state index contributed by atoms with van der Waals surface area (Å²) in [6.45, 7) is 2.86. The molecule has 1 aliphatic heterocycles. The first-order valence-electron chi connectivity index (χ1n) is 5.08. The minimum Gasteiger partial charge on any atom is -0.508 e. The van der Waals surface area contributed by atoms with Crippen molar-refractivity contribution >= 4 is 11.6 Å². The van der Waals surface area contributed by atoms with Gasteiger partial charge in [0.1, 0.15) is 5.75 Å². The van der Waals surface area contributed by atoms with E-state index in [1.54, 1.807) is 6.07 Å². The van der Waals surface area contributed by atoms with Crippen LogP contribution in [0.3, 0.4) is 0 Å². The van der Waals surface area contributed by atoms with E-state index in [-0.39, 0.29) is 11.8 Å². The maximum absolute atomic E-state index is 9.82. The maximum atomic E-state index is 9.82. The third-order valence-electron chi connectivity index (χ3n) is 2.86. The van der Waals surface area contributed by atoms with E-state index in [0.717, 1.165) is 25.2 Å². The fraction of sp³-hybridized carbons (Fsp3) is 0.455. The number of halogens is 1. The summed E-state index contributed by atoms with van der Waals surface area (Å²) in [6.07, 6.45) is 0. The Morgan fingerprint density at radius 1 is 1.53 bits per heavy atom. The molecule has 1 atom stereocenters. The average Bonchev–Trinajstić information content (AvgIpc) is 2.20. The number of phenols is 1. The summed E-state index contributed by atoms with van der Waals surface area (Å²) < 4.78 is 0. The van der Waals surface area contributed by atoms with Gasteiger partial charge in [-0.2, -0.15) is 0 Å². The molecule has 1 heterocycles. The summed E-state index contributed by atoms with van der Waals surface area (Å²) in [5.74, 6) is 0.281. The van der Waals surface area contributed by atoms with Crippen molar-refractivity contribution in [2.45, 2.75) is 6.04 Å². The molecule has 0 spiro atoms. The Kier molecular flexibility index (Phi) is 3.14. The largest absolute Gasteiger partial charge is 0.508 e. The highest BCUT2D eigenvalue weighted by Crippen LogP contribution is 2.30. The number of hydrogen-bond acceptors (Lipinski definition) is 3. The van der Waals surface area contributed by atoms with Gasteiger partial charge < -0.3 is 10.4 Å². The molecule has 3 nitrogen and oxygen atoms in total. The Balaban J connectivity index is 2.27. The Hall–Kier alpha value is -0.770. The van der Waals surface area contributed by atoms with Gasteiger partial charge in [0.15, 0.2) is 0 Å². The normalized spacial score (nSPS) is 22.9. The van der Waals surface area contributed by atoms with Gasteiger partial charge in [-0.3, -0.25) is 4.90 Å². The minimum atomic E-state index is 0.232. The molecule has 1 aromatic rings. The Morgan fingerprint density at radius 3 is 3.00 bits per heavy atom. The van der Waals surface area contributed by atoms with E-state index >= 15 is 0 Å². The molecule has 0 bridgehead atoms. The SMILES string of the molecule is CN1CCNCC1c1ccc(Cl)cc1O. The summed E-state index contributed by atoms with van der Waals surface area (Å²) in [7, 11) is 2.07. The molecule has 15 heavy (non-hydrogen) atoms. The van der Waals surface area contributed by atoms with Crippen molar-refractivity contribution in [3.8, 4) is 5.75 Å². The molecular weight excluding hydrogens is 212 g/mol. The van der Waals surface area contributed by atoms with Gasteiger partial charge >= 0.3 is 0 Å². The molecule has 4 heteroatoms. The lowest BCUT2D eigenvalue weighted by Gasteiger charge is -2.33. The highest BCUT2D eigenvalue weighted by atomic mass is 35.5. The van der Waals surface area contributed by atoms with Crippen LogP contribution in [0.2, 0.25) is 5.02 Å². The molecule has 0 aromatic heterocycles. The first-order valence-corrected chi connectivity index (χ1v) is 5.45. The molecule has 0 amide bonds. The minimum absolute atomic E-state index is 0.232. The molecule has 82 valence electrons. The molecule has 0 saturated carbocycles. The van der Waals surface area contributed by atoms with Crippen LogP contribution in [0.4, 0.5) is 0 Å².